The number of rotatable bonds is 8. The minimum atomic E-state index is -0.399. The molecule has 0 bridgehead atoms. The van der Waals surface area contributed by atoms with Crippen molar-refractivity contribution in [1.29, 1.82) is 0 Å². The van der Waals surface area contributed by atoms with Crippen LogP contribution in [0.2, 0.25) is 10.0 Å². The normalized spacial score (nSPS) is 12.7. The molecule has 0 spiro atoms. The minimum absolute atomic E-state index is 0.0384. The lowest BCUT2D eigenvalue weighted by Gasteiger charge is -2.20. The molecular weight excluding hydrogens is 311 g/mol. The van der Waals surface area contributed by atoms with Crippen LogP contribution >= 0.6 is 23.2 Å². The van der Waals surface area contributed by atoms with Crippen LogP contribution in [-0.2, 0) is 6.42 Å². The molecule has 21 heavy (non-hydrogen) atoms. The van der Waals surface area contributed by atoms with Crippen LogP contribution in [0.5, 0.6) is 0 Å². The highest BCUT2D eigenvalue weighted by Crippen LogP contribution is 2.31. The smallest absolute Gasteiger partial charge is 0.274 e. The molecule has 6 heteroatoms. The molecule has 118 valence electrons. The molecule has 0 radical (unpaired) electrons. The maximum Gasteiger partial charge on any atom is 0.274 e. The summed E-state index contributed by atoms with van der Waals surface area (Å²) in [6.45, 7) is 7.28. The Kier molecular flexibility index (Phi) is 7.43. The SMILES string of the molecule is CCCNC(Cc1cc(Cl)c(Cl)cc1[N+](=O)[O-])CC(C)C. The second-order valence-electron chi connectivity index (χ2n) is 5.64. The lowest BCUT2D eigenvalue weighted by Crippen LogP contribution is -2.33. The van der Waals surface area contributed by atoms with E-state index in [2.05, 4.69) is 26.1 Å². The van der Waals surface area contributed by atoms with Gasteiger partial charge in [-0.3, -0.25) is 10.1 Å². The fourth-order valence-electron chi connectivity index (χ4n) is 2.33. The topological polar surface area (TPSA) is 55.2 Å². The van der Waals surface area contributed by atoms with Crippen molar-refractivity contribution in [2.24, 2.45) is 5.92 Å². The van der Waals surface area contributed by atoms with Gasteiger partial charge in [0.15, 0.2) is 0 Å². The predicted molar refractivity (Wildman–Crippen MR) is 88.4 cm³/mol. The number of nitro groups is 1. The van der Waals surface area contributed by atoms with Crippen LogP contribution in [-0.4, -0.2) is 17.5 Å². The fraction of sp³-hybridized carbons (Fsp3) is 0.600. The minimum Gasteiger partial charge on any atom is -0.314 e. The number of hydrogen-bond donors (Lipinski definition) is 1. The highest BCUT2D eigenvalue weighted by molar-refractivity contribution is 6.42. The Morgan fingerprint density at radius 1 is 1.29 bits per heavy atom. The Morgan fingerprint density at radius 3 is 2.43 bits per heavy atom. The van der Waals surface area contributed by atoms with Crippen LogP contribution in [0.15, 0.2) is 12.1 Å². The lowest BCUT2D eigenvalue weighted by molar-refractivity contribution is -0.385. The maximum absolute atomic E-state index is 11.2. The summed E-state index contributed by atoms with van der Waals surface area (Å²) in [4.78, 5) is 10.8. The highest BCUT2D eigenvalue weighted by atomic mass is 35.5. The molecule has 0 heterocycles. The Bertz CT molecular complexity index is 493. The van der Waals surface area contributed by atoms with Gasteiger partial charge >= 0.3 is 0 Å². The molecule has 0 aliphatic carbocycles. The van der Waals surface area contributed by atoms with E-state index >= 15 is 0 Å². The standard InChI is InChI=1S/C15H22Cl2N2O2/c1-4-5-18-12(6-10(2)3)7-11-8-13(16)14(17)9-15(11)19(20)21/h8-10,12,18H,4-7H2,1-3H3. The van der Waals surface area contributed by atoms with Crippen molar-refractivity contribution in [3.05, 3.63) is 37.9 Å². The summed E-state index contributed by atoms with van der Waals surface area (Å²) >= 11 is 11.9. The summed E-state index contributed by atoms with van der Waals surface area (Å²) in [5.74, 6) is 0.515. The number of nitrogens with zero attached hydrogens (tertiary/aromatic N) is 1. The van der Waals surface area contributed by atoms with Crippen molar-refractivity contribution in [3.63, 3.8) is 0 Å². The number of nitro benzene ring substituents is 1. The first kappa shape index (κ1) is 18.2. The van der Waals surface area contributed by atoms with Gasteiger partial charge in [-0.2, -0.15) is 0 Å². The van der Waals surface area contributed by atoms with Gasteiger partial charge in [-0.15, -0.1) is 0 Å². The molecule has 1 aromatic rings. The van der Waals surface area contributed by atoms with Gasteiger partial charge in [0, 0.05) is 17.7 Å². The highest BCUT2D eigenvalue weighted by Gasteiger charge is 2.20. The molecule has 1 unspecified atom stereocenters. The van der Waals surface area contributed by atoms with E-state index in [4.69, 9.17) is 23.2 Å². The van der Waals surface area contributed by atoms with E-state index in [1.807, 2.05) is 0 Å². The van der Waals surface area contributed by atoms with E-state index < -0.39 is 4.92 Å². The van der Waals surface area contributed by atoms with E-state index in [0.29, 0.717) is 22.9 Å². The molecule has 1 atom stereocenters. The molecule has 0 aliphatic heterocycles. The monoisotopic (exact) mass is 332 g/mol. The zero-order chi connectivity index (χ0) is 16.0. The average Bonchev–Trinajstić information content (AvgIpc) is 2.38. The number of benzene rings is 1. The third-order valence-corrected chi connectivity index (χ3v) is 3.95. The molecule has 1 rings (SSSR count). The first-order valence-corrected chi connectivity index (χ1v) is 7.96. The summed E-state index contributed by atoms with van der Waals surface area (Å²) in [6, 6.07) is 3.15. The van der Waals surface area contributed by atoms with Gasteiger partial charge in [0.2, 0.25) is 0 Å². The van der Waals surface area contributed by atoms with E-state index in [1.54, 1.807) is 6.07 Å². The van der Waals surface area contributed by atoms with Gasteiger partial charge in [-0.05, 0) is 37.8 Å². The van der Waals surface area contributed by atoms with Gasteiger partial charge in [0.05, 0.1) is 15.0 Å². The quantitative estimate of drug-likeness (QED) is 0.546. The van der Waals surface area contributed by atoms with Crippen molar-refractivity contribution < 1.29 is 4.92 Å². The largest absolute Gasteiger partial charge is 0.314 e. The van der Waals surface area contributed by atoms with Crippen LogP contribution in [0.25, 0.3) is 0 Å². The van der Waals surface area contributed by atoms with Crippen molar-refractivity contribution in [2.45, 2.75) is 46.1 Å². The van der Waals surface area contributed by atoms with Crippen LogP contribution in [0.1, 0.15) is 39.2 Å². The van der Waals surface area contributed by atoms with Crippen molar-refractivity contribution >= 4 is 28.9 Å². The molecule has 1 N–H and O–H groups in total. The van der Waals surface area contributed by atoms with Gasteiger partial charge < -0.3 is 5.32 Å². The Balaban J connectivity index is 3.00. The van der Waals surface area contributed by atoms with Crippen molar-refractivity contribution in [3.8, 4) is 0 Å². The molecule has 0 aliphatic rings. The summed E-state index contributed by atoms with van der Waals surface area (Å²) < 4.78 is 0. The van der Waals surface area contributed by atoms with E-state index in [-0.39, 0.29) is 16.8 Å². The maximum atomic E-state index is 11.2. The Hall–Kier alpha value is -0.840. The summed E-state index contributed by atoms with van der Waals surface area (Å²) in [5.41, 5.74) is 0.667. The lowest BCUT2D eigenvalue weighted by atomic mass is 9.96. The van der Waals surface area contributed by atoms with Gasteiger partial charge in [-0.25, -0.2) is 0 Å². The van der Waals surface area contributed by atoms with Crippen LogP contribution in [0.3, 0.4) is 0 Å². The third-order valence-electron chi connectivity index (χ3n) is 3.22. The molecule has 0 saturated carbocycles. The zero-order valence-electron chi connectivity index (χ0n) is 12.7. The van der Waals surface area contributed by atoms with Crippen LogP contribution < -0.4 is 5.32 Å². The molecule has 0 aromatic heterocycles. The fourth-order valence-corrected chi connectivity index (χ4v) is 2.68. The molecule has 1 aromatic carbocycles. The molecule has 4 nitrogen and oxygen atoms in total. The Morgan fingerprint density at radius 2 is 1.90 bits per heavy atom. The van der Waals surface area contributed by atoms with Crippen molar-refractivity contribution in [1.82, 2.24) is 5.32 Å². The Labute approximate surface area is 136 Å². The second kappa shape index (κ2) is 8.57. The van der Waals surface area contributed by atoms with Gasteiger partial charge in [-0.1, -0.05) is 44.0 Å². The van der Waals surface area contributed by atoms with Gasteiger partial charge in [0.1, 0.15) is 0 Å². The molecule has 0 fully saturated rings. The average molecular weight is 333 g/mol. The first-order chi connectivity index (χ1) is 9.85. The summed E-state index contributed by atoms with van der Waals surface area (Å²) in [7, 11) is 0. The molecule has 0 saturated heterocycles. The van der Waals surface area contributed by atoms with E-state index in [1.165, 1.54) is 6.07 Å². The summed E-state index contributed by atoms with van der Waals surface area (Å²) in [6.07, 6.45) is 2.56. The number of nitrogens with one attached hydrogen (secondary N) is 1. The van der Waals surface area contributed by atoms with Gasteiger partial charge in [0.25, 0.3) is 5.69 Å². The second-order valence-corrected chi connectivity index (χ2v) is 6.45. The van der Waals surface area contributed by atoms with E-state index in [0.717, 1.165) is 19.4 Å². The summed E-state index contributed by atoms with van der Waals surface area (Å²) in [5, 5.41) is 15.2. The molecule has 0 amide bonds. The zero-order valence-corrected chi connectivity index (χ0v) is 14.2. The van der Waals surface area contributed by atoms with Crippen LogP contribution in [0, 0.1) is 16.0 Å². The number of halogens is 2. The predicted octanol–water partition coefficient (Wildman–Crippen LogP) is 4.86. The number of hydrogen-bond acceptors (Lipinski definition) is 3. The van der Waals surface area contributed by atoms with E-state index in [9.17, 15) is 10.1 Å². The van der Waals surface area contributed by atoms with Crippen molar-refractivity contribution in [2.75, 3.05) is 6.54 Å². The third kappa shape index (κ3) is 5.81. The first-order valence-electron chi connectivity index (χ1n) is 7.20. The molecular formula is C15H22Cl2N2O2. The van der Waals surface area contributed by atoms with Crippen LogP contribution in [0.4, 0.5) is 5.69 Å².